The third-order valence-corrected chi connectivity index (χ3v) is 3.33. The topological polar surface area (TPSA) is 64.2 Å². The summed E-state index contributed by atoms with van der Waals surface area (Å²) in [5.41, 5.74) is 0. The summed E-state index contributed by atoms with van der Waals surface area (Å²) in [5, 5.41) is 4.94. The largest absolute Gasteiger partial charge is 0.376 e. The Morgan fingerprint density at radius 1 is 1.18 bits per heavy atom. The number of rotatable bonds is 6. The fourth-order valence-electron chi connectivity index (χ4n) is 2.34. The van der Waals surface area contributed by atoms with Gasteiger partial charge in [-0.25, -0.2) is 0 Å². The van der Waals surface area contributed by atoms with E-state index in [1.54, 1.807) is 0 Å². The second-order valence-electron chi connectivity index (χ2n) is 4.80. The lowest BCUT2D eigenvalue weighted by molar-refractivity contribution is -0.650. The van der Waals surface area contributed by atoms with Gasteiger partial charge in [-0.15, -0.1) is 0 Å². The zero-order valence-electron chi connectivity index (χ0n) is 10.3. The van der Waals surface area contributed by atoms with Gasteiger partial charge in [-0.1, -0.05) is 0 Å². The first-order valence-corrected chi connectivity index (χ1v) is 6.66. The lowest BCUT2D eigenvalue weighted by atomic mass is 10.2. The van der Waals surface area contributed by atoms with Gasteiger partial charge in [-0.3, -0.25) is 4.79 Å². The minimum Gasteiger partial charge on any atom is -0.376 e. The minimum absolute atomic E-state index is 0.0958. The van der Waals surface area contributed by atoms with E-state index in [1.807, 2.05) is 5.32 Å². The Bertz CT molecular complexity index is 236. The molecule has 5 nitrogen and oxygen atoms in total. The van der Waals surface area contributed by atoms with Crippen molar-refractivity contribution >= 4 is 5.91 Å². The predicted molar refractivity (Wildman–Crippen MR) is 62.6 cm³/mol. The Morgan fingerprint density at radius 2 is 1.88 bits per heavy atom. The first-order chi connectivity index (χ1) is 8.34. The van der Waals surface area contributed by atoms with Gasteiger partial charge >= 0.3 is 0 Å². The Kier molecular flexibility index (Phi) is 5.22. The first-order valence-electron chi connectivity index (χ1n) is 6.66. The third-order valence-electron chi connectivity index (χ3n) is 3.33. The molecule has 2 fully saturated rings. The molecule has 17 heavy (non-hydrogen) atoms. The average Bonchev–Trinajstić information content (AvgIpc) is 2.99. The van der Waals surface area contributed by atoms with Crippen LogP contribution in [0, 0.1) is 0 Å². The standard InChI is InChI=1S/C12H22N2O3/c15-12(14-8-11-4-2-6-17-11)9-13-7-10-3-1-5-16-10/h10-11,13H,1-9H2,(H,14,15)/p+1/t10-,11-/m1/s1. The SMILES string of the molecule is O=C(C[NH2+]C[C@H]1CCCO1)NC[C@H]1CCCO1. The number of hydrogen-bond donors (Lipinski definition) is 2. The van der Waals surface area contributed by atoms with Crippen molar-refractivity contribution in [1.82, 2.24) is 5.32 Å². The van der Waals surface area contributed by atoms with Crippen molar-refractivity contribution in [1.29, 1.82) is 0 Å². The molecule has 3 N–H and O–H groups in total. The molecule has 0 unspecified atom stereocenters. The smallest absolute Gasteiger partial charge is 0.275 e. The molecule has 2 atom stereocenters. The van der Waals surface area contributed by atoms with Crippen molar-refractivity contribution in [2.45, 2.75) is 37.9 Å². The van der Waals surface area contributed by atoms with Gasteiger partial charge in [0, 0.05) is 19.8 Å². The molecule has 0 aromatic rings. The highest BCUT2D eigenvalue weighted by Gasteiger charge is 2.19. The summed E-state index contributed by atoms with van der Waals surface area (Å²) in [5.74, 6) is 0.0958. The maximum Gasteiger partial charge on any atom is 0.275 e. The van der Waals surface area contributed by atoms with Gasteiger partial charge in [0.15, 0.2) is 6.54 Å². The maximum atomic E-state index is 11.5. The van der Waals surface area contributed by atoms with Gasteiger partial charge in [-0.2, -0.15) is 0 Å². The van der Waals surface area contributed by atoms with Gasteiger partial charge in [-0.05, 0) is 25.7 Å². The molecule has 0 aromatic carbocycles. The van der Waals surface area contributed by atoms with E-state index >= 15 is 0 Å². The van der Waals surface area contributed by atoms with Crippen LogP contribution in [0.15, 0.2) is 0 Å². The molecule has 1 amide bonds. The molecule has 2 aliphatic rings. The van der Waals surface area contributed by atoms with Crippen LogP contribution in [0.1, 0.15) is 25.7 Å². The first kappa shape index (κ1) is 12.8. The third kappa shape index (κ3) is 4.61. The molecule has 0 saturated carbocycles. The zero-order chi connectivity index (χ0) is 11.9. The zero-order valence-corrected chi connectivity index (χ0v) is 10.3. The van der Waals surface area contributed by atoms with E-state index in [0.29, 0.717) is 19.2 Å². The van der Waals surface area contributed by atoms with Crippen molar-refractivity contribution in [3.8, 4) is 0 Å². The minimum atomic E-state index is 0.0958. The highest BCUT2D eigenvalue weighted by Crippen LogP contribution is 2.10. The molecule has 5 heteroatoms. The van der Waals surface area contributed by atoms with Gasteiger partial charge < -0.3 is 20.1 Å². The van der Waals surface area contributed by atoms with Gasteiger partial charge in [0.25, 0.3) is 5.91 Å². The number of ether oxygens (including phenoxy) is 2. The lowest BCUT2D eigenvalue weighted by Crippen LogP contribution is -2.88. The molecule has 2 rings (SSSR count). The molecule has 0 spiro atoms. The van der Waals surface area contributed by atoms with Crippen molar-refractivity contribution in [3.05, 3.63) is 0 Å². The molecule has 2 aliphatic heterocycles. The Balaban J connectivity index is 1.48. The molecule has 98 valence electrons. The van der Waals surface area contributed by atoms with E-state index in [4.69, 9.17) is 9.47 Å². The molecule has 2 saturated heterocycles. The fraction of sp³-hybridized carbons (Fsp3) is 0.917. The second-order valence-corrected chi connectivity index (χ2v) is 4.80. The van der Waals surface area contributed by atoms with Crippen LogP contribution in [-0.2, 0) is 14.3 Å². The van der Waals surface area contributed by atoms with Crippen LogP contribution in [0.25, 0.3) is 0 Å². The summed E-state index contributed by atoms with van der Waals surface area (Å²) in [6.45, 7) is 3.77. The van der Waals surface area contributed by atoms with Crippen LogP contribution in [0.4, 0.5) is 0 Å². The van der Waals surface area contributed by atoms with Crippen LogP contribution in [0.3, 0.4) is 0 Å². The number of carbonyl (C=O) groups is 1. The van der Waals surface area contributed by atoms with Crippen molar-refractivity contribution in [2.24, 2.45) is 0 Å². The van der Waals surface area contributed by atoms with Crippen molar-refractivity contribution in [3.63, 3.8) is 0 Å². The lowest BCUT2D eigenvalue weighted by Gasteiger charge is -2.11. The number of carbonyl (C=O) groups excluding carboxylic acids is 1. The number of nitrogens with two attached hydrogens (primary N) is 1. The number of nitrogens with one attached hydrogen (secondary N) is 1. The maximum absolute atomic E-state index is 11.5. The van der Waals surface area contributed by atoms with Crippen LogP contribution >= 0.6 is 0 Å². The molecular weight excluding hydrogens is 220 g/mol. The normalized spacial score (nSPS) is 28.5. The quantitative estimate of drug-likeness (QED) is 0.630. The van der Waals surface area contributed by atoms with Crippen LogP contribution in [0.2, 0.25) is 0 Å². The van der Waals surface area contributed by atoms with E-state index < -0.39 is 0 Å². The van der Waals surface area contributed by atoms with Crippen molar-refractivity contribution < 1.29 is 19.6 Å². The second kappa shape index (κ2) is 6.93. The average molecular weight is 243 g/mol. The summed E-state index contributed by atoms with van der Waals surface area (Å²) >= 11 is 0. The number of amides is 1. The van der Waals surface area contributed by atoms with Crippen LogP contribution in [0.5, 0.6) is 0 Å². The van der Waals surface area contributed by atoms with E-state index in [0.717, 1.165) is 45.4 Å². The molecule has 0 aromatic heterocycles. The highest BCUT2D eigenvalue weighted by atomic mass is 16.5. The van der Waals surface area contributed by atoms with Crippen LogP contribution in [-0.4, -0.2) is 51.0 Å². The highest BCUT2D eigenvalue weighted by molar-refractivity contribution is 5.76. The predicted octanol–water partition coefficient (Wildman–Crippen LogP) is -0.976. The molecule has 0 aliphatic carbocycles. The summed E-state index contributed by atoms with van der Waals surface area (Å²) in [6, 6.07) is 0. The van der Waals surface area contributed by atoms with Gasteiger partial charge in [0.05, 0.1) is 6.10 Å². The van der Waals surface area contributed by atoms with E-state index in [2.05, 4.69) is 5.32 Å². The molecule has 2 heterocycles. The van der Waals surface area contributed by atoms with Crippen LogP contribution < -0.4 is 10.6 Å². The number of hydrogen-bond acceptors (Lipinski definition) is 3. The monoisotopic (exact) mass is 243 g/mol. The van der Waals surface area contributed by atoms with E-state index in [1.165, 1.54) is 0 Å². The summed E-state index contributed by atoms with van der Waals surface area (Å²) in [4.78, 5) is 11.5. The molecule has 0 bridgehead atoms. The summed E-state index contributed by atoms with van der Waals surface area (Å²) in [6.07, 6.45) is 5.06. The fourth-order valence-corrected chi connectivity index (χ4v) is 2.34. The molecular formula is C12H23N2O3+. The van der Waals surface area contributed by atoms with E-state index in [-0.39, 0.29) is 12.0 Å². The Morgan fingerprint density at radius 3 is 2.53 bits per heavy atom. The van der Waals surface area contributed by atoms with Gasteiger partial charge in [0.1, 0.15) is 12.6 Å². The summed E-state index contributed by atoms with van der Waals surface area (Å²) in [7, 11) is 0. The Hall–Kier alpha value is -0.650. The van der Waals surface area contributed by atoms with Gasteiger partial charge in [0.2, 0.25) is 0 Å². The van der Waals surface area contributed by atoms with E-state index in [9.17, 15) is 4.79 Å². The molecule has 0 radical (unpaired) electrons. The Labute approximate surface area is 102 Å². The van der Waals surface area contributed by atoms with Crippen molar-refractivity contribution in [2.75, 3.05) is 32.8 Å². The summed E-state index contributed by atoms with van der Waals surface area (Å²) < 4.78 is 10.9. The number of quaternary nitrogens is 1.